The number of nitrogens with zero attached hydrogens (tertiary/aromatic N) is 1. The van der Waals surface area contributed by atoms with E-state index in [9.17, 15) is 14.3 Å². The Morgan fingerprint density at radius 2 is 1.88 bits per heavy atom. The number of pyridine rings is 1. The molecule has 7 nitrogen and oxygen atoms in total. The van der Waals surface area contributed by atoms with Crippen LogP contribution in [0.5, 0.6) is 17.2 Å². The van der Waals surface area contributed by atoms with Crippen molar-refractivity contribution in [2.24, 2.45) is 0 Å². The van der Waals surface area contributed by atoms with E-state index in [2.05, 4.69) is 0 Å². The Balaban J connectivity index is 1.75. The molecule has 1 atom stereocenters. The number of hydrogen-bond donors (Lipinski definition) is 2. The number of ether oxygens (including phenoxy) is 3. The van der Waals surface area contributed by atoms with E-state index in [-0.39, 0.29) is 23.8 Å². The minimum absolute atomic E-state index is 0.0296. The molecular formula is C23H23ClFNO6. The highest BCUT2D eigenvalue weighted by atomic mass is 35.5. The molecule has 1 unspecified atom stereocenters. The molecular weight excluding hydrogens is 441 g/mol. The van der Waals surface area contributed by atoms with E-state index >= 15 is 0 Å². The van der Waals surface area contributed by atoms with E-state index in [1.54, 1.807) is 36.5 Å². The van der Waals surface area contributed by atoms with Gasteiger partial charge in [-0.3, -0.25) is 9.36 Å². The molecule has 2 aromatic carbocycles. The summed E-state index contributed by atoms with van der Waals surface area (Å²) in [5.41, 5.74) is -0.631. The van der Waals surface area contributed by atoms with Crippen LogP contribution in [0.3, 0.4) is 0 Å². The number of aliphatic hydroxyl groups excluding tert-OH is 1. The Morgan fingerprint density at radius 3 is 2.53 bits per heavy atom. The van der Waals surface area contributed by atoms with E-state index in [0.717, 1.165) is 0 Å². The Hall–Kier alpha value is -3.07. The molecule has 2 N–H and O–H groups in total. The maximum absolute atomic E-state index is 13.5. The molecule has 0 fully saturated rings. The maximum Gasteiger partial charge on any atom is 0.258 e. The van der Waals surface area contributed by atoms with Crippen molar-refractivity contribution in [3.63, 3.8) is 0 Å². The molecule has 0 saturated heterocycles. The third-order valence-electron chi connectivity index (χ3n) is 4.59. The van der Waals surface area contributed by atoms with Crippen molar-refractivity contribution < 1.29 is 28.8 Å². The first-order valence-electron chi connectivity index (χ1n) is 9.66. The lowest BCUT2D eigenvalue weighted by Crippen LogP contribution is -2.36. The van der Waals surface area contributed by atoms with Gasteiger partial charge in [0.1, 0.15) is 30.4 Å². The normalized spacial score (nSPS) is 12.8. The van der Waals surface area contributed by atoms with Crippen LogP contribution < -0.4 is 19.8 Å². The summed E-state index contributed by atoms with van der Waals surface area (Å²) in [6, 6.07) is 12.2. The summed E-state index contributed by atoms with van der Waals surface area (Å²) >= 11 is 5.67. The number of benzene rings is 2. The zero-order valence-electron chi connectivity index (χ0n) is 17.5. The number of methoxy groups -OCH3 is 1. The molecule has 170 valence electrons. The van der Waals surface area contributed by atoms with Gasteiger partial charge in [0, 0.05) is 18.3 Å². The number of rotatable bonds is 9. The highest BCUT2D eigenvalue weighted by molar-refractivity contribution is 6.30. The zero-order chi connectivity index (χ0) is 23.3. The molecule has 0 spiro atoms. The van der Waals surface area contributed by atoms with Gasteiger partial charge >= 0.3 is 0 Å². The topological polar surface area (TPSA) is 90.2 Å². The molecule has 0 aliphatic rings. The molecule has 0 aliphatic carbocycles. The van der Waals surface area contributed by atoms with Crippen LogP contribution >= 0.6 is 11.6 Å². The Morgan fingerprint density at radius 1 is 1.09 bits per heavy atom. The van der Waals surface area contributed by atoms with Gasteiger partial charge in [-0.2, -0.15) is 0 Å². The molecule has 0 aliphatic heterocycles. The lowest BCUT2D eigenvalue weighted by molar-refractivity contribution is -0.0329. The summed E-state index contributed by atoms with van der Waals surface area (Å²) in [7, 11) is 1.45. The molecule has 3 rings (SSSR count). The van der Waals surface area contributed by atoms with Crippen LogP contribution in [0, 0.1) is 5.82 Å². The average molecular weight is 464 g/mol. The summed E-state index contributed by atoms with van der Waals surface area (Å²) in [4.78, 5) is 12.6. The molecule has 3 aromatic rings. The predicted molar refractivity (Wildman–Crippen MR) is 118 cm³/mol. The van der Waals surface area contributed by atoms with Gasteiger partial charge in [-0.25, -0.2) is 4.39 Å². The first-order chi connectivity index (χ1) is 15.2. The summed E-state index contributed by atoms with van der Waals surface area (Å²) in [6.07, 6.45) is 1.55. The number of hydrogen-bond acceptors (Lipinski definition) is 6. The van der Waals surface area contributed by atoms with Crippen LogP contribution in [0.25, 0.3) is 5.69 Å². The lowest BCUT2D eigenvalue weighted by Gasteiger charge is -2.21. The average Bonchev–Trinajstić information content (AvgIpc) is 2.78. The van der Waals surface area contributed by atoms with Gasteiger partial charge in [0.25, 0.3) is 5.56 Å². The fourth-order valence-electron chi connectivity index (χ4n) is 2.76. The van der Waals surface area contributed by atoms with E-state index in [0.29, 0.717) is 28.5 Å². The predicted octanol–water partition coefficient (Wildman–Crippen LogP) is 3.34. The lowest BCUT2D eigenvalue weighted by atomic mass is 10.1. The van der Waals surface area contributed by atoms with Crippen molar-refractivity contribution in [2.75, 3.05) is 20.3 Å². The fourth-order valence-corrected chi connectivity index (χ4v) is 2.88. The molecule has 1 aromatic heterocycles. The Labute approximate surface area is 189 Å². The van der Waals surface area contributed by atoms with Crippen LogP contribution in [-0.4, -0.2) is 40.7 Å². The maximum atomic E-state index is 13.5. The van der Waals surface area contributed by atoms with Crippen molar-refractivity contribution in [1.82, 2.24) is 4.57 Å². The van der Waals surface area contributed by atoms with Crippen molar-refractivity contribution in [1.29, 1.82) is 0 Å². The van der Waals surface area contributed by atoms with E-state index in [1.165, 1.54) is 36.8 Å². The van der Waals surface area contributed by atoms with Crippen LogP contribution in [-0.2, 0) is 6.61 Å². The third-order valence-corrected chi connectivity index (χ3v) is 4.89. The minimum atomic E-state index is -1.39. The smallest absolute Gasteiger partial charge is 0.258 e. The van der Waals surface area contributed by atoms with Crippen LogP contribution in [0.15, 0.2) is 59.5 Å². The van der Waals surface area contributed by atoms with Gasteiger partial charge in [-0.1, -0.05) is 17.7 Å². The van der Waals surface area contributed by atoms with Crippen molar-refractivity contribution in [3.8, 4) is 22.9 Å². The Bertz CT molecular complexity index is 1150. The first kappa shape index (κ1) is 23.6. The summed E-state index contributed by atoms with van der Waals surface area (Å²) in [5, 5.41) is 19.1. The SMILES string of the molecule is COc1cc(-n2ccc(OCc3ccc(Cl)c(F)c3)cc2=O)ccc1OCC(C)(O)CO. The number of aromatic nitrogens is 1. The van der Waals surface area contributed by atoms with Crippen molar-refractivity contribution >= 4 is 11.6 Å². The second-order valence-electron chi connectivity index (χ2n) is 7.39. The minimum Gasteiger partial charge on any atom is -0.493 e. The molecule has 0 radical (unpaired) electrons. The van der Waals surface area contributed by atoms with Crippen LogP contribution in [0.4, 0.5) is 4.39 Å². The Kier molecular flexibility index (Phi) is 7.40. The van der Waals surface area contributed by atoms with E-state index in [1.807, 2.05) is 0 Å². The number of aliphatic hydroxyl groups is 2. The largest absolute Gasteiger partial charge is 0.493 e. The monoisotopic (exact) mass is 463 g/mol. The quantitative estimate of drug-likeness (QED) is 0.506. The van der Waals surface area contributed by atoms with E-state index < -0.39 is 18.0 Å². The molecule has 0 bridgehead atoms. The highest BCUT2D eigenvalue weighted by Gasteiger charge is 2.21. The standard InChI is InChI=1S/C23H23ClFNO6/c1-23(29,13-27)14-32-20-6-4-16(10-21(20)30-2)26-8-7-17(11-22(26)28)31-12-15-3-5-18(24)19(25)9-15/h3-11,27,29H,12-14H2,1-2H3. The van der Waals surface area contributed by atoms with Crippen molar-refractivity contribution in [2.45, 2.75) is 19.1 Å². The first-order valence-corrected chi connectivity index (χ1v) is 10.0. The van der Waals surface area contributed by atoms with Crippen molar-refractivity contribution in [3.05, 3.63) is 81.5 Å². The molecule has 0 saturated carbocycles. The van der Waals surface area contributed by atoms with Gasteiger partial charge in [0.15, 0.2) is 11.5 Å². The third kappa shape index (κ3) is 5.79. The fraction of sp³-hybridized carbons (Fsp3) is 0.261. The zero-order valence-corrected chi connectivity index (χ0v) is 18.3. The second kappa shape index (κ2) is 10.0. The summed E-state index contributed by atoms with van der Waals surface area (Å²) in [6.45, 7) is 0.933. The van der Waals surface area contributed by atoms with Crippen LogP contribution in [0.2, 0.25) is 5.02 Å². The highest BCUT2D eigenvalue weighted by Crippen LogP contribution is 2.30. The van der Waals surface area contributed by atoms with Gasteiger partial charge in [-0.05, 0) is 42.8 Å². The summed E-state index contributed by atoms with van der Waals surface area (Å²) < 4.78 is 31.4. The van der Waals surface area contributed by atoms with E-state index in [4.69, 9.17) is 30.9 Å². The summed E-state index contributed by atoms with van der Waals surface area (Å²) in [5.74, 6) is 0.505. The van der Waals surface area contributed by atoms with Gasteiger partial charge in [0.05, 0.1) is 24.4 Å². The number of halogens is 2. The van der Waals surface area contributed by atoms with Gasteiger partial charge in [0.2, 0.25) is 0 Å². The van der Waals surface area contributed by atoms with Gasteiger partial charge < -0.3 is 24.4 Å². The van der Waals surface area contributed by atoms with Gasteiger partial charge in [-0.15, -0.1) is 0 Å². The molecule has 9 heteroatoms. The molecule has 32 heavy (non-hydrogen) atoms. The van der Waals surface area contributed by atoms with Crippen LogP contribution in [0.1, 0.15) is 12.5 Å². The molecule has 1 heterocycles. The molecule has 0 amide bonds. The second-order valence-corrected chi connectivity index (χ2v) is 7.79.